The number of rotatable bonds is 13. The van der Waals surface area contributed by atoms with Gasteiger partial charge in [0.15, 0.2) is 40.5 Å². The van der Waals surface area contributed by atoms with E-state index in [0.717, 1.165) is 38.9 Å². The molecule has 25 nitrogen and oxygen atoms in total. The van der Waals surface area contributed by atoms with Crippen molar-refractivity contribution >= 4 is 118 Å². The van der Waals surface area contributed by atoms with Gasteiger partial charge in [-0.3, -0.25) is 29.7 Å². The number of anilines is 6. The molecule has 480 valence electrons. The number of hydrogen-bond acceptors (Lipinski definition) is 19. The molecular formula is C71H64N18O7. The highest BCUT2D eigenvalue weighted by Gasteiger charge is 2.27. The van der Waals surface area contributed by atoms with E-state index in [1.54, 1.807) is 49.0 Å². The minimum atomic E-state index is -0.225. The van der Waals surface area contributed by atoms with Crippen LogP contribution in [0.4, 0.5) is 34.9 Å². The van der Waals surface area contributed by atoms with Crippen molar-refractivity contribution in [3.63, 3.8) is 0 Å². The molecule has 0 atom stereocenters. The summed E-state index contributed by atoms with van der Waals surface area (Å²) in [4.78, 5) is 68.3. The van der Waals surface area contributed by atoms with Gasteiger partial charge in [-0.25, -0.2) is 28.2 Å². The molecule has 25 heteroatoms. The SMILES string of the molecule is COc1cc2nc3nc(Nc4cc(C5CC5)[nH]n4)c4ccccc4n3c(=O)c2cc1OC.COc1cc2nc3nc(Nc4cc(C5CCCC5)[nH]n4)c4ccccc4n3c(=O)c2cc1OC.O=c1c2ccccc2nc2nc(Nc3cc(C4CCCC4)[nH]n3)c3ccccc3n12. The fourth-order valence-corrected chi connectivity index (χ4v) is 13.4. The predicted molar refractivity (Wildman–Crippen MR) is 369 cm³/mol. The van der Waals surface area contributed by atoms with Crippen LogP contribution in [0.2, 0.25) is 0 Å². The highest BCUT2D eigenvalue weighted by atomic mass is 16.5. The van der Waals surface area contributed by atoms with Crippen molar-refractivity contribution in [2.75, 3.05) is 44.4 Å². The lowest BCUT2D eigenvalue weighted by Crippen LogP contribution is -2.18. The summed E-state index contributed by atoms with van der Waals surface area (Å²) in [6, 6.07) is 43.1. The molecule has 9 heterocycles. The van der Waals surface area contributed by atoms with Gasteiger partial charge in [-0.2, -0.15) is 30.2 Å². The number of nitrogens with zero attached hydrogens (tertiary/aromatic N) is 12. The van der Waals surface area contributed by atoms with Gasteiger partial charge >= 0.3 is 0 Å². The van der Waals surface area contributed by atoms with E-state index >= 15 is 0 Å². The maximum absolute atomic E-state index is 13.5. The summed E-state index contributed by atoms with van der Waals surface area (Å²) in [6.45, 7) is 0. The van der Waals surface area contributed by atoms with Crippen LogP contribution in [0.5, 0.6) is 23.0 Å². The molecule has 0 saturated heterocycles. The van der Waals surface area contributed by atoms with E-state index in [1.165, 1.54) is 92.9 Å². The Bertz CT molecular complexity index is 5740. The van der Waals surface area contributed by atoms with Gasteiger partial charge in [0.05, 0.1) is 77.7 Å². The van der Waals surface area contributed by atoms with Gasteiger partial charge in [0.25, 0.3) is 16.7 Å². The highest BCUT2D eigenvalue weighted by Crippen LogP contribution is 2.41. The van der Waals surface area contributed by atoms with Crippen molar-refractivity contribution in [1.29, 1.82) is 0 Å². The lowest BCUT2D eigenvalue weighted by molar-refractivity contribution is 0.355. The number of benzene rings is 6. The smallest absolute Gasteiger partial charge is 0.267 e. The van der Waals surface area contributed by atoms with E-state index in [9.17, 15) is 14.4 Å². The second-order valence-electron chi connectivity index (χ2n) is 24.3. The molecule has 9 aromatic heterocycles. The van der Waals surface area contributed by atoms with Crippen LogP contribution in [0.25, 0.3) is 82.8 Å². The van der Waals surface area contributed by atoms with Crippen LogP contribution in [0.15, 0.2) is 154 Å². The van der Waals surface area contributed by atoms with Crippen molar-refractivity contribution in [2.24, 2.45) is 0 Å². The second kappa shape index (κ2) is 24.5. The molecule has 3 aliphatic rings. The van der Waals surface area contributed by atoms with Crippen LogP contribution in [0.1, 0.15) is 99.0 Å². The number of para-hydroxylation sites is 4. The van der Waals surface area contributed by atoms with E-state index in [0.29, 0.717) is 119 Å². The molecule has 6 aromatic carbocycles. The first-order chi connectivity index (χ1) is 47.1. The lowest BCUT2D eigenvalue weighted by atomic mass is 10.0. The van der Waals surface area contributed by atoms with E-state index in [4.69, 9.17) is 38.9 Å². The van der Waals surface area contributed by atoms with Gasteiger partial charge in [-0.1, -0.05) is 74.2 Å². The fraction of sp³-hybridized carbons (Fsp3) is 0.239. The highest BCUT2D eigenvalue weighted by molar-refractivity contribution is 5.97. The molecule has 0 radical (unpaired) electrons. The number of nitrogens with one attached hydrogen (secondary N) is 6. The van der Waals surface area contributed by atoms with Crippen molar-refractivity contribution in [2.45, 2.75) is 82.0 Å². The molecule has 0 bridgehead atoms. The first-order valence-corrected chi connectivity index (χ1v) is 32.0. The summed E-state index contributed by atoms with van der Waals surface area (Å²) in [5, 5.41) is 36.6. The molecule has 0 amide bonds. The zero-order chi connectivity index (χ0) is 65.1. The van der Waals surface area contributed by atoms with Crippen LogP contribution in [-0.2, 0) is 0 Å². The number of aromatic amines is 3. The Kier molecular flexibility index (Phi) is 15.0. The summed E-state index contributed by atoms with van der Waals surface area (Å²) >= 11 is 0. The predicted octanol–water partition coefficient (Wildman–Crippen LogP) is 12.8. The quantitative estimate of drug-likeness (QED) is 0.0462. The third-order valence-electron chi connectivity index (χ3n) is 18.4. The first kappa shape index (κ1) is 59.0. The molecule has 15 aromatic rings. The Morgan fingerprint density at radius 2 is 0.667 bits per heavy atom. The van der Waals surface area contributed by atoms with Crippen molar-refractivity contribution < 1.29 is 18.9 Å². The largest absolute Gasteiger partial charge is 0.493 e. The molecule has 0 unspecified atom stereocenters. The molecule has 96 heavy (non-hydrogen) atoms. The molecule has 3 saturated carbocycles. The minimum Gasteiger partial charge on any atom is -0.493 e. The van der Waals surface area contributed by atoms with Crippen LogP contribution in [0, 0.1) is 0 Å². The molecule has 0 spiro atoms. The molecule has 6 N–H and O–H groups in total. The van der Waals surface area contributed by atoms with Gasteiger partial charge in [-0.15, -0.1) is 0 Å². The Hall–Kier alpha value is -12.0. The summed E-state index contributed by atoms with van der Waals surface area (Å²) < 4.78 is 26.2. The number of hydrogen-bond donors (Lipinski definition) is 6. The summed E-state index contributed by atoms with van der Waals surface area (Å²) in [7, 11) is 6.17. The average Bonchev–Trinajstić information content (AvgIpc) is 0.860. The Balaban J connectivity index is 0.000000113. The standard InChI is InChI=1S/C25H24N6O3.C23H20N6O3.C23H20N6O/c1-33-20-11-16-18(12-21(20)34-2)26-25-28-23(15-9-5-6-10-19(15)31(25)24(16)32)27-22-13-17(29-30-22)14-7-3-4-8-14;1-31-18-9-14-16(10-19(18)32-2)24-23-26-21(25-20-11-15(27-28-20)12-7-8-12)13-5-3-4-6-17(13)29(23)22(14)30;30-22-15-9-3-5-11-17(15)24-23-26-21(16-10-4-6-12-19(16)29(22)23)25-20-13-18(27-28-20)14-7-1-2-8-14/h5-6,9-14H,3-4,7-8H2,1-2H3,(H2,26,27,28,29,30);3-6,9-12H,7-8H2,1-2H3,(H2,24,25,26,27,28);3-6,9-14H,1-2,7-8H2,(H2,24,25,26,27,28). The topological polar surface area (TPSA) is 301 Å². The lowest BCUT2D eigenvalue weighted by Gasteiger charge is -2.13. The minimum absolute atomic E-state index is 0.117. The molecule has 0 aliphatic heterocycles. The van der Waals surface area contributed by atoms with E-state index in [1.807, 2.05) is 103 Å². The number of methoxy groups -OCH3 is 4. The number of H-pyrrole nitrogens is 3. The van der Waals surface area contributed by atoms with Gasteiger partial charge in [-0.05, 0) is 99.2 Å². The van der Waals surface area contributed by atoms with Crippen LogP contribution < -0.4 is 51.6 Å². The fourth-order valence-electron chi connectivity index (χ4n) is 13.4. The zero-order valence-electron chi connectivity index (χ0n) is 52.8. The van der Waals surface area contributed by atoms with Crippen LogP contribution >= 0.6 is 0 Å². The normalized spacial score (nSPS) is 14.2. The van der Waals surface area contributed by atoms with Crippen molar-refractivity contribution in [1.82, 2.24) is 73.7 Å². The number of ether oxygens (including phenoxy) is 4. The Morgan fingerprint density at radius 1 is 0.354 bits per heavy atom. The number of aromatic nitrogens is 15. The zero-order valence-corrected chi connectivity index (χ0v) is 52.8. The average molecular weight is 1280 g/mol. The van der Waals surface area contributed by atoms with Crippen LogP contribution in [-0.4, -0.2) is 102 Å². The molecule has 3 fully saturated rings. The van der Waals surface area contributed by atoms with Crippen molar-refractivity contribution in [3.8, 4) is 23.0 Å². The molecular weight excluding hydrogens is 1220 g/mol. The Morgan fingerprint density at radius 3 is 1.03 bits per heavy atom. The monoisotopic (exact) mass is 1280 g/mol. The number of fused-ring (bicyclic) bond motifs is 12. The van der Waals surface area contributed by atoms with E-state index in [-0.39, 0.29) is 28.2 Å². The van der Waals surface area contributed by atoms with Gasteiger partial charge in [0.1, 0.15) is 17.5 Å². The third-order valence-corrected chi connectivity index (χ3v) is 18.4. The summed E-state index contributed by atoms with van der Waals surface area (Å²) in [6.07, 6.45) is 12.2. The second-order valence-corrected chi connectivity index (χ2v) is 24.3. The van der Waals surface area contributed by atoms with Gasteiger partial charge in [0.2, 0.25) is 17.3 Å². The molecule has 18 rings (SSSR count). The van der Waals surface area contributed by atoms with Gasteiger partial charge in [0, 0.05) is 81.3 Å². The van der Waals surface area contributed by atoms with E-state index < -0.39 is 0 Å². The van der Waals surface area contributed by atoms with E-state index in [2.05, 4.69) is 62.6 Å². The maximum atomic E-state index is 13.5. The van der Waals surface area contributed by atoms with Gasteiger partial charge < -0.3 is 34.9 Å². The maximum Gasteiger partial charge on any atom is 0.267 e. The summed E-state index contributed by atoms with van der Waals surface area (Å²) in [5.74, 6) is 8.45. The molecule has 3 aliphatic carbocycles. The van der Waals surface area contributed by atoms with Crippen LogP contribution in [0.3, 0.4) is 0 Å². The first-order valence-electron chi connectivity index (χ1n) is 32.0. The Labute approximate surface area is 544 Å². The van der Waals surface area contributed by atoms with Crippen molar-refractivity contribution in [3.05, 3.63) is 188 Å². The summed E-state index contributed by atoms with van der Waals surface area (Å²) in [5.41, 5.74) is 6.65. The third kappa shape index (κ3) is 10.7.